The molecule has 1 heterocycles. The zero-order valence-corrected chi connectivity index (χ0v) is 14.2. The van der Waals surface area contributed by atoms with Gasteiger partial charge >= 0.3 is 6.18 Å². The predicted molar refractivity (Wildman–Crippen MR) is 95.9 cm³/mol. The highest BCUT2D eigenvalue weighted by Crippen LogP contribution is 2.31. The monoisotopic (exact) mass is 372 g/mol. The average Bonchev–Trinajstić information content (AvgIpc) is 2.63. The molecule has 0 aliphatic carbocycles. The van der Waals surface area contributed by atoms with Crippen molar-refractivity contribution >= 4 is 23.2 Å². The van der Waals surface area contributed by atoms with Crippen molar-refractivity contribution in [3.63, 3.8) is 0 Å². The van der Waals surface area contributed by atoms with E-state index in [-0.39, 0.29) is 17.3 Å². The van der Waals surface area contributed by atoms with Gasteiger partial charge in [0.05, 0.1) is 5.56 Å². The number of alkyl halides is 3. The number of hydrogen-bond acceptors (Lipinski definition) is 4. The smallest absolute Gasteiger partial charge is 0.324 e. The zero-order valence-electron chi connectivity index (χ0n) is 14.2. The lowest BCUT2D eigenvalue weighted by atomic mass is 10.2. The van der Waals surface area contributed by atoms with Crippen LogP contribution in [0, 0.1) is 6.92 Å². The molecule has 0 atom stereocenters. The van der Waals surface area contributed by atoms with Crippen LogP contribution in [-0.4, -0.2) is 15.9 Å². The molecule has 1 amide bonds. The Balaban J connectivity index is 1.75. The summed E-state index contributed by atoms with van der Waals surface area (Å²) in [6.45, 7) is 1.93. The minimum atomic E-state index is -4.45. The van der Waals surface area contributed by atoms with Crippen LogP contribution in [0.3, 0.4) is 0 Å². The van der Waals surface area contributed by atoms with Gasteiger partial charge in [-0.05, 0) is 43.3 Å². The SMILES string of the molecule is Cc1ccc(NC(=O)c2ccnc(Nc3cccc(C(F)(F)F)c3)n2)cc1. The van der Waals surface area contributed by atoms with E-state index in [0.717, 1.165) is 17.7 Å². The lowest BCUT2D eigenvalue weighted by Crippen LogP contribution is -2.14. The van der Waals surface area contributed by atoms with E-state index in [1.54, 1.807) is 12.1 Å². The fourth-order valence-corrected chi connectivity index (χ4v) is 2.28. The Hall–Kier alpha value is -3.42. The molecule has 0 spiro atoms. The predicted octanol–water partition coefficient (Wildman–Crippen LogP) is 4.80. The van der Waals surface area contributed by atoms with E-state index in [0.29, 0.717) is 5.69 Å². The second-order valence-electron chi connectivity index (χ2n) is 5.79. The standard InChI is InChI=1S/C19H15F3N4O/c1-12-5-7-14(8-6-12)24-17(27)16-9-10-23-18(26-16)25-15-4-2-3-13(11-15)19(20,21)22/h2-11H,1H3,(H,24,27)(H,23,25,26). The summed E-state index contributed by atoms with van der Waals surface area (Å²) in [5.74, 6) is -0.431. The van der Waals surface area contributed by atoms with Gasteiger partial charge in [0.25, 0.3) is 5.91 Å². The van der Waals surface area contributed by atoms with Crippen LogP contribution >= 0.6 is 0 Å². The number of hydrogen-bond donors (Lipinski definition) is 2. The Morgan fingerprint density at radius 3 is 2.44 bits per heavy atom. The Bertz CT molecular complexity index is 956. The molecule has 0 aliphatic heterocycles. The van der Waals surface area contributed by atoms with E-state index >= 15 is 0 Å². The van der Waals surface area contributed by atoms with Crippen LogP contribution < -0.4 is 10.6 Å². The van der Waals surface area contributed by atoms with Gasteiger partial charge in [0.15, 0.2) is 0 Å². The molecule has 1 aromatic heterocycles. The number of anilines is 3. The molecule has 0 saturated heterocycles. The first-order chi connectivity index (χ1) is 12.8. The Morgan fingerprint density at radius 2 is 1.74 bits per heavy atom. The molecule has 2 aromatic carbocycles. The van der Waals surface area contributed by atoms with Gasteiger partial charge in [0, 0.05) is 17.6 Å². The van der Waals surface area contributed by atoms with Gasteiger partial charge in [-0.1, -0.05) is 23.8 Å². The van der Waals surface area contributed by atoms with E-state index < -0.39 is 17.6 Å². The second kappa shape index (κ2) is 7.45. The summed E-state index contributed by atoms with van der Waals surface area (Å²) in [4.78, 5) is 20.3. The maximum Gasteiger partial charge on any atom is 0.416 e. The van der Waals surface area contributed by atoms with Gasteiger partial charge in [0.2, 0.25) is 5.95 Å². The molecular weight excluding hydrogens is 357 g/mol. The molecule has 3 aromatic rings. The second-order valence-corrected chi connectivity index (χ2v) is 5.79. The molecule has 27 heavy (non-hydrogen) atoms. The molecule has 0 fully saturated rings. The summed E-state index contributed by atoms with van der Waals surface area (Å²) in [5.41, 5.74) is 1.13. The third kappa shape index (κ3) is 4.81. The van der Waals surface area contributed by atoms with Gasteiger partial charge in [0.1, 0.15) is 5.69 Å². The van der Waals surface area contributed by atoms with Gasteiger partial charge in [-0.3, -0.25) is 4.79 Å². The molecule has 0 aliphatic rings. The number of nitrogens with one attached hydrogen (secondary N) is 2. The zero-order chi connectivity index (χ0) is 19.4. The van der Waals surface area contributed by atoms with Crippen molar-refractivity contribution in [2.75, 3.05) is 10.6 Å². The van der Waals surface area contributed by atoms with Gasteiger partial charge in [-0.25, -0.2) is 9.97 Å². The number of aryl methyl sites for hydroxylation is 1. The minimum Gasteiger partial charge on any atom is -0.324 e. The van der Waals surface area contributed by atoms with Gasteiger partial charge in [-0.15, -0.1) is 0 Å². The maximum atomic E-state index is 12.8. The normalized spacial score (nSPS) is 11.1. The van der Waals surface area contributed by atoms with Crippen molar-refractivity contribution in [2.24, 2.45) is 0 Å². The van der Waals surface area contributed by atoms with Crippen LogP contribution in [0.1, 0.15) is 21.6 Å². The van der Waals surface area contributed by atoms with Crippen molar-refractivity contribution in [2.45, 2.75) is 13.1 Å². The number of benzene rings is 2. The average molecular weight is 372 g/mol. The van der Waals surface area contributed by atoms with Crippen LogP contribution in [0.15, 0.2) is 60.8 Å². The highest BCUT2D eigenvalue weighted by atomic mass is 19.4. The summed E-state index contributed by atoms with van der Waals surface area (Å²) in [7, 11) is 0. The molecule has 0 saturated carbocycles. The fraction of sp³-hybridized carbons (Fsp3) is 0.105. The summed E-state index contributed by atoms with van der Waals surface area (Å²) < 4.78 is 38.4. The molecule has 8 heteroatoms. The first-order valence-electron chi connectivity index (χ1n) is 7.96. The molecule has 0 unspecified atom stereocenters. The third-order valence-electron chi connectivity index (χ3n) is 3.64. The quantitative estimate of drug-likeness (QED) is 0.690. The Morgan fingerprint density at radius 1 is 1.00 bits per heavy atom. The third-order valence-corrected chi connectivity index (χ3v) is 3.64. The van der Waals surface area contributed by atoms with Crippen LogP contribution in [0.2, 0.25) is 0 Å². The Kier molecular flexibility index (Phi) is 5.07. The van der Waals surface area contributed by atoms with Crippen LogP contribution in [0.4, 0.5) is 30.5 Å². The van der Waals surface area contributed by atoms with Crippen molar-refractivity contribution < 1.29 is 18.0 Å². The van der Waals surface area contributed by atoms with E-state index in [4.69, 9.17) is 0 Å². The molecule has 2 N–H and O–H groups in total. The van der Waals surface area contributed by atoms with Crippen LogP contribution in [-0.2, 0) is 6.18 Å². The van der Waals surface area contributed by atoms with Crippen LogP contribution in [0.5, 0.6) is 0 Å². The largest absolute Gasteiger partial charge is 0.416 e. The van der Waals surface area contributed by atoms with Crippen molar-refractivity contribution in [1.29, 1.82) is 0 Å². The number of aromatic nitrogens is 2. The molecular formula is C19H15F3N4O. The van der Waals surface area contributed by atoms with E-state index in [1.165, 1.54) is 24.4 Å². The number of carbonyl (C=O) groups is 1. The Labute approximate surface area is 153 Å². The number of nitrogens with zero attached hydrogens (tertiary/aromatic N) is 2. The highest BCUT2D eigenvalue weighted by molar-refractivity contribution is 6.03. The van der Waals surface area contributed by atoms with E-state index in [2.05, 4.69) is 20.6 Å². The number of halogens is 3. The van der Waals surface area contributed by atoms with E-state index in [9.17, 15) is 18.0 Å². The summed E-state index contributed by atoms with van der Waals surface area (Å²) >= 11 is 0. The summed E-state index contributed by atoms with van der Waals surface area (Å²) in [5, 5.41) is 5.38. The number of rotatable bonds is 4. The van der Waals surface area contributed by atoms with Gasteiger partial charge in [-0.2, -0.15) is 13.2 Å². The molecule has 0 bridgehead atoms. The first kappa shape index (κ1) is 18.4. The van der Waals surface area contributed by atoms with Crippen LogP contribution in [0.25, 0.3) is 0 Å². The fourth-order valence-electron chi connectivity index (χ4n) is 2.28. The number of amides is 1. The maximum absolute atomic E-state index is 12.8. The lowest BCUT2D eigenvalue weighted by molar-refractivity contribution is -0.137. The van der Waals surface area contributed by atoms with E-state index in [1.807, 2.05) is 19.1 Å². The molecule has 5 nitrogen and oxygen atoms in total. The highest BCUT2D eigenvalue weighted by Gasteiger charge is 2.30. The lowest BCUT2D eigenvalue weighted by Gasteiger charge is -2.10. The summed E-state index contributed by atoms with van der Waals surface area (Å²) in [6.07, 6.45) is -3.10. The van der Waals surface area contributed by atoms with Crippen molar-refractivity contribution in [3.05, 3.63) is 77.6 Å². The molecule has 0 radical (unpaired) electrons. The topological polar surface area (TPSA) is 66.9 Å². The molecule has 138 valence electrons. The molecule has 3 rings (SSSR count). The van der Waals surface area contributed by atoms with Crippen molar-refractivity contribution in [1.82, 2.24) is 9.97 Å². The first-order valence-corrected chi connectivity index (χ1v) is 7.96. The minimum absolute atomic E-state index is 0.0193. The number of carbonyl (C=O) groups excluding carboxylic acids is 1. The van der Waals surface area contributed by atoms with Gasteiger partial charge < -0.3 is 10.6 Å². The van der Waals surface area contributed by atoms with Crippen molar-refractivity contribution in [3.8, 4) is 0 Å². The summed E-state index contributed by atoms with van der Waals surface area (Å²) in [6, 6.07) is 13.3.